The topological polar surface area (TPSA) is 70.2 Å². The van der Waals surface area contributed by atoms with Gasteiger partial charge in [-0.25, -0.2) is 0 Å². The molecule has 1 aliphatic carbocycles. The van der Waals surface area contributed by atoms with E-state index < -0.39 is 0 Å². The fraction of sp³-hybridized carbons (Fsp3) is 0.556. The summed E-state index contributed by atoms with van der Waals surface area (Å²) in [4.78, 5) is 23.5. The molecule has 126 valence electrons. The summed E-state index contributed by atoms with van der Waals surface area (Å²) >= 11 is 0. The zero-order valence-electron chi connectivity index (χ0n) is 13.9. The molecule has 0 spiro atoms. The number of benzene rings is 1. The average Bonchev–Trinajstić information content (AvgIpc) is 2.56. The maximum Gasteiger partial charge on any atom is 0.238 e. The van der Waals surface area contributed by atoms with Crippen LogP contribution in [-0.2, 0) is 9.59 Å². The summed E-state index contributed by atoms with van der Waals surface area (Å²) in [6.45, 7) is 2.32. The second-order valence-corrected chi connectivity index (χ2v) is 6.14. The zero-order valence-corrected chi connectivity index (χ0v) is 13.9. The highest BCUT2D eigenvalue weighted by molar-refractivity contribution is 5.93. The summed E-state index contributed by atoms with van der Waals surface area (Å²) < 4.78 is 0. The molecular formula is C18H27N3O2. The minimum Gasteiger partial charge on any atom is -0.326 e. The van der Waals surface area contributed by atoms with Crippen LogP contribution in [0.3, 0.4) is 0 Å². The highest BCUT2D eigenvalue weighted by Gasteiger charge is 2.13. The van der Waals surface area contributed by atoms with Crippen molar-refractivity contribution < 1.29 is 9.59 Å². The van der Waals surface area contributed by atoms with Crippen molar-refractivity contribution in [2.24, 2.45) is 0 Å². The molecule has 23 heavy (non-hydrogen) atoms. The Morgan fingerprint density at radius 2 is 1.52 bits per heavy atom. The number of amides is 2. The highest BCUT2D eigenvalue weighted by atomic mass is 16.2. The molecule has 0 unspecified atom stereocenters. The average molecular weight is 317 g/mol. The van der Waals surface area contributed by atoms with E-state index in [1.807, 2.05) is 6.92 Å². The van der Waals surface area contributed by atoms with Crippen molar-refractivity contribution in [2.75, 3.05) is 17.2 Å². The lowest BCUT2D eigenvalue weighted by molar-refractivity contribution is -0.116. The molecule has 0 radical (unpaired) electrons. The molecule has 1 fully saturated rings. The lowest BCUT2D eigenvalue weighted by Crippen LogP contribution is -2.37. The molecule has 2 rings (SSSR count). The quantitative estimate of drug-likeness (QED) is 0.723. The van der Waals surface area contributed by atoms with E-state index in [1.165, 1.54) is 32.1 Å². The predicted octanol–water partition coefficient (Wildman–Crippen LogP) is 3.29. The Morgan fingerprint density at radius 3 is 2.09 bits per heavy atom. The van der Waals surface area contributed by atoms with E-state index in [2.05, 4.69) is 16.0 Å². The van der Waals surface area contributed by atoms with E-state index in [4.69, 9.17) is 0 Å². The van der Waals surface area contributed by atoms with Crippen molar-refractivity contribution >= 4 is 23.2 Å². The Morgan fingerprint density at radius 1 is 0.957 bits per heavy atom. The van der Waals surface area contributed by atoms with Crippen LogP contribution in [0.2, 0.25) is 0 Å². The molecule has 0 aliphatic heterocycles. The van der Waals surface area contributed by atoms with E-state index in [-0.39, 0.29) is 11.8 Å². The summed E-state index contributed by atoms with van der Waals surface area (Å²) in [5.41, 5.74) is 1.50. The first-order chi connectivity index (χ1) is 11.2. The Labute approximate surface area is 138 Å². The second-order valence-electron chi connectivity index (χ2n) is 6.14. The summed E-state index contributed by atoms with van der Waals surface area (Å²) in [6, 6.07) is 7.70. The third-order valence-corrected chi connectivity index (χ3v) is 4.09. The Balaban J connectivity index is 1.73. The third-order valence-electron chi connectivity index (χ3n) is 4.09. The normalized spacial score (nSPS) is 15.2. The predicted molar refractivity (Wildman–Crippen MR) is 93.5 cm³/mol. The Kier molecular flexibility index (Phi) is 7.07. The standard InChI is InChI=1S/C18H27N3O2/c1-2-6-17(22)20-15-9-11-16(12-10-15)21-18(23)13-19-14-7-4-3-5-8-14/h9-12,14,19H,2-8,13H2,1H3,(H,20,22)(H,21,23). The molecule has 0 bridgehead atoms. The van der Waals surface area contributed by atoms with Crippen LogP contribution in [0, 0.1) is 0 Å². The molecular weight excluding hydrogens is 290 g/mol. The van der Waals surface area contributed by atoms with Gasteiger partial charge in [-0.3, -0.25) is 9.59 Å². The highest BCUT2D eigenvalue weighted by Crippen LogP contribution is 2.17. The van der Waals surface area contributed by atoms with Gasteiger partial charge in [0.25, 0.3) is 0 Å². The first-order valence-corrected chi connectivity index (χ1v) is 8.60. The van der Waals surface area contributed by atoms with Crippen LogP contribution >= 0.6 is 0 Å². The number of rotatable bonds is 7. The molecule has 1 aliphatic rings. The van der Waals surface area contributed by atoms with Gasteiger partial charge in [0.2, 0.25) is 11.8 Å². The zero-order chi connectivity index (χ0) is 16.5. The molecule has 0 aromatic heterocycles. The van der Waals surface area contributed by atoms with Crippen LogP contribution in [-0.4, -0.2) is 24.4 Å². The Bertz CT molecular complexity index is 508. The summed E-state index contributed by atoms with van der Waals surface area (Å²) in [5.74, 6) is -0.0145. The van der Waals surface area contributed by atoms with Gasteiger partial charge in [0.05, 0.1) is 6.54 Å². The van der Waals surface area contributed by atoms with Gasteiger partial charge in [-0.05, 0) is 43.5 Å². The van der Waals surface area contributed by atoms with Crippen LogP contribution in [0.25, 0.3) is 0 Å². The van der Waals surface area contributed by atoms with Crippen molar-refractivity contribution in [3.05, 3.63) is 24.3 Å². The van der Waals surface area contributed by atoms with Gasteiger partial charge in [0.1, 0.15) is 0 Å². The minimum atomic E-state index is -0.0293. The second kappa shape index (κ2) is 9.30. The smallest absolute Gasteiger partial charge is 0.238 e. The van der Waals surface area contributed by atoms with Gasteiger partial charge in [-0.1, -0.05) is 26.2 Å². The number of nitrogens with one attached hydrogen (secondary N) is 3. The molecule has 0 atom stereocenters. The van der Waals surface area contributed by atoms with Crippen molar-refractivity contribution in [3.8, 4) is 0 Å². The van der Waals surface area contributed by atoms with E-state index in [0.717, 1.165) is 17.8 Å². The van der Waals surface area contributed by atoms with Gasteiger partial charge in [-0.15, -0.1) is 0 Å². The maximum absolute atomic E-state index is 12.0. The SMILES string of the molecule is CCCC(=O)Nc1ccc(NC(=O)CNC2CCCCC2)cc1. The molecule has 1 aromatic rings. The third kappa shape index (κ3) is 6.40. The number of hydrogen-bond donors (Lipinski definition) is 3. The summed E-state index contributed by atoms with van der Waals surface area (Å²) in [6.07, 6.45) is 7.50. The molecule has 5 nitrogen and oxygen atoms in total. The van der Waals surface area contributed by atoms with Crippen LogP contribution in [0.15, 0.2) is 24.3 Å². The van der Waals surface area contributed by atoms with E-state index in [9.17, 15) is 9.59 Å². The van der Waals surface area contributed by atoms with Gasteiger partial charge >= 0.3 is 0 Å². The minimum absolute atomic E-state index is 0.0148. The van der Waals surface area contributed by atoms with Gasteiger partial charge in [0, 0.05) is 23.8 Å². The van der Waals surface area contributed by atoms with Crippen LogP contribution in [0.5, 0.6) is 0 Å². The van der Waals surface area contributed by atoms with Gasteiger partial charge in [-0.2, -0.15) is 0 Å². The monoisotopic (exact) mass is 317 g/mol. The first-order valence-electron chi connectivity index (χ1n) is 8.60. The number of hydrogen-bond acceptors (Lipinski definition) is 3. The molecule has 1 aromatic carbocycles. The van der Waals surface area contributed by atoms with Crippen molar-refractivity contribution in [1.82, 2.24) is 5.32 Å². The van der Waals surface area contributed by atoms with Gasteiger partial charge < -0.3 is 16.0 Å². The molecule has 5 heteroatoms. The maximum atomic E-state index is 12.0. The largest absolute Gasteiger partial charge is 0.326 e. The Hall–Kier alpha value is -1.88. The number of carbonyl (C=O) groups excluding carboxylic acids is 2. The van der Waals surface area contributed by atoms with E-state index >= 15 is 0 Å². The molecule has 0 heterocycles. The lowest BCUT2D eigenvalue weighted by Gasteiger charge is -2.22. The van der Waals surface area contributed by atoms with Crippen molar-refractivity contribution in [1.29, 1.82) is 0 Å². The summed E-state index contributed by atoms with van der Waals surface area (Å²) in [7, 11) is 0. The van der Waals surface area contributed by atoms with Gasteiger partial charge in [0.15, 0.2) is 0 Å². The first kappa shape index (κ1) is 17.5. The van der Waals surface area contributed by atoms with Crippen LogP contribution in [0.4, 0.5) is 11.4 Å². The number of anilines is 2. The fourth-order valence-electron chi connectivity index (χ4n) is 2.84. The fourth-order valence-corrected chi connectivity index (χ4v) is 2.84. The van der Waals surface area contributed by atoms with Crippen molar-refractivity contribution in [2.45, 2.75) is 57.9 Å². The van der Waals surface area contributed by atoms with E-state index in [0.29, 0.717) is 19.0 Å². The molecule has 0 saturated heterocycles. The van der Waals surface area contributed by atoms with Crippen LogP contribution in [0.1, 0.15) is 51.9 Å². The van der Waals surface area contributed by atoms with Crippen molar-refractivity contribution in [3.63, 3.8) is 0 Å². The summed E-state index contributed by atoms with van der Waals surface area (Å²) in [5, 5.41) is 9.02. The van der Waals surface area contributed by atoms with E-state index in [1.54, 1.807) is 24.3 Å². The lowest BCUT2D eigenvalue weighted by atomic mass is 9.95. The molecule has 2 amide bonds. The molecule has 3 N–H and O–H groups in total. The van der Waals surface area contributed by atoms with Crippen LogP contribution < -0.4 is 16.0 Å². The number of carbonyl (C=O) groups is 2. The molecule has 1 saturated carbocycles.